The number of fused-ring (bicyclic) bond motifs is 5. The third-order valence-electron chi connectivity index (χ3n) is 15.3. The first kappa shape index (κ1) is 66.5. The van der Waals surface area contributed by atoms with Crippen molar-refractivity contribution in [2.45, 2.75) is 146 Å². The van der Waals surface area contributed by atoms with Crippen molar-refractivity contribution in [3.8, 4) is 5.75 Å². The van der Waals surface area contributed by atoms with Gasteiger partial charge in [-0.25, -0.2) is 14.4 Å². The molecule has 22 nitrogen and oxygen atoms in total. The highest BCUT2D eigenvalue weighted by Crippen LogP contribution is 2.49. The van der Waals surface area contributed by atoms with Crippen molar-refractivity contribution >= 4 is 53.2 Å². The van der Waals surface area contributed by atoms with E-state index >= 15 is 0 Å². The van der Waals surface area contributed by atoms with E-state index in [4.69, 9.17) is 59.0 Å². The van der Waals surface area contributed by atoms with Crippen molar-refractivity contribution in [3.63, 3.8) is 0 Å². The van der Waals surface area contributed by atoms with E-state index in [0.717, 1.165) is 43.2 Å². The quantitative estimate of drug-likeness (QED) is 0.0366. The van der Waals surface area contributed by atoms with E-state index < -0.39 is 71.6 Å². The van der Waals surface area contributed by atoms with Crippen LogP contribution >= 0.6 is 11.6 Å². The van der Waals surface area contributed by atoms with Crippen LogP contribution in [0.1, 0.15) is 97.5 Å². The number of anilines is 1. The van der Waals surface area contributed by atoms with Crippen molar-refractivity contribution in [3.05, 3.63) is 58.7 Å². The second kappa shape index (κ2) is 32.5. The van der Waals surface area contributed by atoms with Crippen LogP contribution in [0, 0.1) is 5.92 Å². The third kappa shape index (κ3) is 19.9. The summed E-state index contributed by atoms with van der Waals surface area (Å²) >= 11 is 6.82. The number of aliphatic hydroxyl groups is 1. The minimum absolute atomic E-state index is 0.0283. The molecule has 0 aromatic heterocycles. The molecule has 2 N–H and O–H groups in total. The number of alkyl carbamates (subject to hydrolysis) is 1. The maximum atomic E-state index is 14.4. The topological polar surface area (TPSA) is 243 Å². The second-order valence-corrected chi connectivity index (χ2v) is 21.8. The van der Waals surface area contributed by atoms with Gasteiger partial charge in [0.05, 0.1) is 78.2 Å². The van der Waals surface area contributed by atoms with Crippen molar-refractivity contribution in [1.29, 1.82) is 0 Å². The summed E-state index contributed by atoms with van der Waals surface area (Å²) in [5, 5.41) is 14.6. The maximum Gasteiger partial charge on any atom is 0.409 e. The molecule has 1 aliphatic carbocycles. The number of nitrogens with one attached hydrogen (secondary N) is 1. The van der Waals surface area contributed by atoms with Crippen LogP contribution < -0.4 is 15.0 Å². The number of allylic oxidation sites excluding steroid dienone is 5. The van der Waals surface area contributed by atoms with Crippen molar-refractivity contribution < 1.29 is 81.2 Å². The molecule has 81 heavy (non-hydrogen) atoms. The van der Waals surface area contributed by atoms with Crippen molar-refractivity contribution in [1.82, 2.24) is 20.0 Å². The fourth-order valence-corrected chi connectivity index (χ4v) is 10.1. The van der Waals surface area contributed by atoms with Crippen molar-refractivity contribution in [2.24, 2.45) is 5.92 Å². The standard InChI is InChI=1S/C58H88ClN5O17/c1-39-18-16-21-47(73-10)58(71)38-46(79-55(69)60-58)40(2)53-57(4,81-53)48(37-51(67)64(8)44-35-42(34-39)36-45(72-9)52(44)59)80-54(68)41(3)63(7)50(66)23-17-22-49(65)61(5)24-26-74-28-30-76-32-33-77-31-29-75-27-25-62(6)56(70)78-43-19-14-12-11-13-15-20-43/h11-12,16,18,21,35-36,40-41,43,46-48,53,71H,13-15,17,19-20,22-34,37-38H2,1-10H3,(H,60,69)/b12-11+,21-16+,39-18+/t40-,41+,43?,46+,47-,48+,53+,57+,58+/m1/s1. The first-order chi connectivity index (χ1) is 38.6. The minimum Gasteiger partial charge on any atom is -0.495 e. The molecular formula is C58H88ClN5O17. The summed E-state index contributed by atoms with van der Waals surface area (Å²) in [7, 11) is 9.28. The Kier molecular flexibility index (Phi) is 26.7. The van der Waals surface area contributed by atoms with E-state index in [1.165, 1.54) is 47.8 Å². The average Bonchev–Trinajstić information content (AvgIpc) is 4.35. The number of hydrogen-bond acceptors (Lipinski definition) is 17. The number of epoxide rings is 1. The molecule has 5 rings (SSSR count). The largest absolute Gasteiger partial charge is 0.495 e. The van der Waals surface area contributed by atoms with E-state index in [0.29, 0.717) is 77.2 Å². The van der Waals surface area contributed by atoms with Crippen LogP contribution in [0.15, 0.2) is 48.1 Å². The van der Waals surface area contributed by atoms with Gasteiger partial charge in [-0.2, -0.15) is 0 Å². The average molecular weight is 1160 g/mol. The van der Waals surface area contributed by atoms with Crippen LogP contribution in [0.5, 0.6) is 5.75 Å². The Morgan fingerprint density at radius 3 is 2.17 bits per heavy atom. The molecule has 2 saturated heterocycles. The smallest absolute Gasteiger partial charge is 0.409 e. The SMILES string of the molecule is COc1cc2cc(c1Cl)N(C)C(=O)C[C@H](OC(=O)[C@H](C)N(C)C(=O)CCCC(=O)N(C)CCOCCOCCOCCOCCN(C)C(=O)OC1CC/C=C/CCC1)[C@]1(C)O[C@H]1[C@H](C)[C@@H]1C[C@@](O)(NC(=O)O1)[C@H](OC)/C=C/C=C(\C)C2. The Morgan fingerprint density at radius 1 is 0.889 bits per heavy atom. The lowest BCUT2D eigenvalue weighted by molar-refractivity contribution is -0.162. The van der Waals surface area contributed by atoms with Crippen LogP contribution in [0.2, 0.25) is 5.02 Å². The second-order valence-electron chi connectivity index (χ2n) is 21.4. The van der Waals surface area contributed by atoms with Gasteiger partial charge in [-0.05, 0) is 83.4 Å². The minimum atomic E-state index is -1.87. The highest BCUT2D eigenvalue weighted by atomic mass is 35.5. The third-order valence-corrected chi connectivity index (χ3v) is 15.7. The summed E-state index contributed by atoms with van der Waals surface area (Å²) in [4.78, 5) is 86.0. The van der Waals surface area contributed by atoms with E-state index in [1.807, 2.05) is 13.0 Å². The van der Waals surface area contributed by atoms with Crippen LogP contribution in [-0.4, -0.2) is 212 Å². The molecule has 23 heteroatoms. The molecule has 1 aromatic carbocycles. The van der Waals surface area contributed by atoms with Crippen LogP contribution in [0.3, 0.4) is 0 Å². The molecule has 5 amide bonds. The molecule has 1 aromatic rings. The van der Waals surface area contributed by atoms with Gasteiger partial charge in [0.15, 0.2) is 5.72 Å². The zero-order valence-corrected chi connectivity index (χ0v) is 49.8. The highest BCUT2D eigenvalue weighted by Gasteiger charge is 2.64. The monoisotopic (exact) mass is 1160 g/mol. The number of likely N-dealkylation sites (N-methyl/N-ethyl adjacent to an activating group) is 3. The summed E-state index contributed by atoms with van der Waals surface area (Å²) < 4.78 is 57.5. The summed E-state index contributed by atoms with van der Waals surface area (Å²) in [5.74, 6) is -2.10. The summed E-state index contributed by atoms with van der Waals surface area (Å²) in [6.07, 6.45) is 9.41. The predicted octanol–water partition coefficient (Wildman–Crippen LogP) is 6.17. The number of rotatable bonds is 25. The predicted molar refractivity (Wildman–Crippen MR) is 301 cm³/mol. The lowest BCUT2D eigenvalue weighted by Gasteiger charge is -2.42. The Labute approximate surface area is 482 Å². The number of benzene rings is 1. The Hall–Kier alpha value is -5.33. The summed E-state index contributed by atoms with van der Waals surface area (Å²) in [5.41, 5.74) is -1.13. The number of amides is 5. The molecule has 9 atom stereocenters. The lowest BCUT2D eigenvalue weighted by Crippen LogP contribution is -2.63. The molecule has 1 unspecified atom stereocenters. The fraction of sp³-hybridized carbons (Fsp3) is 0.690. The molecule has 0 saturated carbocycles. The molecule has 4 aliphatic rings. The molecule has 0 radical (unpaired) electrons. The fourth-order valence-electron chi connectivity index (χ4n) is 9.83. The van der Waals surface area contributed by atoms with Gasteiger partial charge in [0.2, 0.25) is 17.7 Å². The van der Waals surface area contributed by atoms with Crippen molar-refractivity contribution in [2.75, 3.05) is 113 Å². The van der Waals surface area contributed by atoms with Crippen LogP contribution in [0.25, 0.3) is 0 Å². The van der Waals surface area contributed by atoms with Crippen LogP contribution in [-0.2, 0) is 68.2 Å². The Bertz CT molecular complexity index is 2360. The van der Waals surface area contributed by atoms with Gasteiger partial charge >= 0.3 is 18.2 Å². The number of ether oxygens (including phenoxy) is 10. The van der Waals surface area contributed by atoms with Gasteiger partial charge in [0.25, 0.3) is 0 Å². The van der Waals surface area contributed by atoms with Gasteiger partial charge in [-0.1, -0.05) is 54.5 Å². The number of nitrogens with zero attached hydrogens (tertiary/aromatic N) is 4. The molecule has 4 bridgehead atoms. The molecular weight excluding hydrogens is 1070 g/mol. The number of carbonyl (C=O) groups excluding carboxylic acids is 6. The zero-order chi connectivity index (χ0) is 59.3. The normalized spacial score (nSPS) is 26.9. The number of esters is 1. The van der Waals surface area contributed by atoms with Gasteiger partial charge in [0.1, 0.15) is 46.8 Å². The van der Waals surface area contributed by atoms with E-state index in [2.05, 4.69) is 17.5 Å². The molecule has 454 valence electrons. The number of carbonyl (C=O) groups is 6. The van der Waals surface area contributed by atoms with Gasteiger partial charge in [-0.3, -0.25) is 19.7 Å². The van der Waals surface area contributed by atoms with Crippen LogP contribution in [0.4, 0.5) is 15.3 Å². The maximum absolute atomic E-state index is 14.4. The Balaban J connectivity index is 1.04. The van der Waals surface area contributed by atoms with Gasteiger partial charge < -0.3 is 72.1 Å². The first-order valence-corrected chi connectivity index (χ1v) is 28.5. The summed E-state index contributed by atoms with van der Waals surface area (Å²) in [6, 6.07) is 2.44. The molecule has 2 fully saturated rings. The van der Waals surface area contributed by atoms with E-state index in [1.54, 1.807) is 59.3 Å². The molecule has 3 heterocycles. The number of hydrogen-bond donors (Lipinski definition) is 2. The Morgan fingerprint density at radius 2 is 1.52 bits per heavy atom. The highest BCUT2D eigenvalue weighted by molar-refractivity contribution is 6.35. The molecule has 0 spiro atoms. The van der Waals surface area contributed by atoms with Gasteiger partial charge in [0, 0.05) is 73.6 Å². The molecule has 3 aliphatic heterocycles. The summed E-state index contributed by atoms with van der Waals surface area (Å²) in [6.45, 7) is 10.5. The number of methoxy groups -OCH3 is 2. The number of halogens is 1. The van der Waals surface area contributed by atoms with Gasteiger partial charge in [-0.15, -0.1) is 0 Å². The first-order valence-electron chi connectivity index (χ1n) is 28.1. The van der Waals surface area contributed by atoms with E-state index in [9.17, 15) is 33.9 Å². The lowest BCUT2D eigenvalue weighted by atomic mass is 9.83. The zero-order valence-electron chi connectivity index (χ0n) is 49.1. The van der Waals surface area contributed by atoms with E-state index in [-0.39, 0.29) is 61.8 Å².